The summed E-state index contributed by atoms with van der Waals surface area (Å²) < 4.78 is 13.2. The van der Waals surface area contributed by atoms with E-state index >= 15 is 0 Å². The number of rotatable bonds is 4. The molecule has 1 aromatic rings. The zero-order chi connectivity index (χ0) is 11.6. The zero-order valence-corrected chi connectivity index (χ0v) is 9.88. The molecule has 0 heterocycles. The average Bonchev–Trinajstić information content (AvgIpc) is 2.23. The highest BCUT2D eigenvalue weighted by molar-refractivity contribution is 5.30. The van der Waals surface area contributed by atoms with Crippen molar-refractivity contribution in [2.75, 3.05) is 6.54 Å². The monoisotopic (exact) mass is 221 g/mol. The second-order valence-corrected chi connectivity index (χ2v) is 5.06. The van der Waals surface area contributed by atoms with E-state index in [1.54, 1.807) is 12.1 Å². The maximum atomic E-state index is 13.2. The van der Waals surface area contributed by atoms with Crippen molar-refractivity contribution in [1.29, 1.82) is 0 Å². The third-order valence-corrected chi connectivity index (χ3v) is 3.88. The predicted octanol–water partition coefficient (Wildman–Crippen LogP) is 3.23. The maximum absolute atomic E-state index is 13.2. The van der Waals surface area contributed by atoms with E-state index in [1.807, 2.05) is 6.07 Å². The van der Waals surface area contributed by atoms with Gasteiger partial charge in [-0.2, -0.15) is 0 Å². The molecule has 0 atom stereocenters. The first-order valence-electron chi connectivity index (χ1n) is 6.16. The Balaban J connectivity index is 2.13. The van der Waals surface area contributed by atoms with Gasteiger partial charge in [0.25, 0.3) is 0 Å². The van der Waals surface area contributed by atoms with E-state index in [0.717, 1.165) is 24.3 Å². The fourth-order valence-corrected chi connectivity index (χ4v) is 3.00. The Morgan fingerprint density at radius 1 is 1.44 bits per heavy atom. The molecule has 2 heteroatoms. The van der Waals surface area contributed by atoms with E-state index < -0.39 is 0 Å². The lowest BCUT2D eigenvalue weighted by Crippen LogP contribution is -2.47. The summed E-state index contributed by atoms with van der Waals surface area (Å²) in [6.07, 6.45) is 4.76. The summed E-state index contributed by atoms with van der Waals surface area (Å²) in [6, 6.07) is 6.94. The van der Waals surface area contributed by atoms with Gasteiger partial charge >= 0.3 is 0 Å². The lowest BCUT2D eigenvalue weighted by atomic mass is 9.57. The van der Waals surface area contributed by atoms with Gasteiger partial charge in [-0.3, -0.25) is 0 Å². The highest BCUT2D eigenvalue weighted by Gasteiger charge is 2.43. The van der Waals surface area contributed by atoms with Gasteiger partial charge < -0.3 is 5.73 Å². The van der Waals surface area contributed by atoms with Crippen molar-refractivity contribution in [1.82, 2.24) is 0 Å². The summed E-state index contributed by atoms with van der Waals surface area (Å²) in [4.78, 5) is 0. The molecule has 0 unspecified atom stereocenters. The van der Waals surface area contributed by atoms with E-state index in [-0.39, 0.29) is 11.2 Å². The molecule has 0 saturated heterocycles. The molecule has 0 amide bonds. The number of hydrogen-bond donors (Lipinski definition) is 1. The highest BCUT2D eigenvalue weighted by atomic mass is 19.1. The first-order chi connectivity index (χ1) is 7.70. The largest absolute Gasteiger partial charge is 0.330 e. The Morgan fingerprint density at radius 2 is 2.19 bits per heavy atom. The first-order valence-corrected chi connectivity index (χ1v) is 6.16. The molecule has 1 nitrogen and oxygen atoms in total. The Bertz CT molecular complexity index is 356. The molecule has 1 fully saturated rings. The Hall–Kier alpha value is -0.890. The SMILES string of the molecule is CCCC1CC(CN)(c2cccc(F)c2)C1. The molecule has 0 aromatic heterocycles. The van der Waals surface area contributed by atoms with E-state index in [4.69, 9.17) is 5.73 Å². The summed E-state index contributed by atoms with van der Waals surface area (Å²) in [5.41, 5.74) is 7.03. The van der Waals surface area contributed by atoms with Crippen LogP contribution >= 0.6 is 0 Å². The van der Waals surface area contributed by atoms with Crippen LogP contribution in [0.5, 0.6) is 0 Å². The van der Waals surface area contributed by atoms with Crippen molar-refractivity contribution in [2.45, 2.75) is 38.0 Å². The lowest BCUT2D eigenvalue weighted by Gasteiger charge is -2.48. The number of nitrogens with two attached hydrogens (primary N) is 1. The van der Waals surface area contributed by atoms with E-state index in [1.165, 1.54) is 18.9 Å². The number of halogens is 1. The van der Waals surface area contributed by atoms with Crippen LogP contribution in [0.3, 0.4) is 0 Å². The first kappa shape index (κ1) is 11.6. The summed E-state index contributed by atoms with van der Waals surface area (Å²) in [7, 11) is 0. The van der Waals surface area contributed by atoms with Gasteiger partial charge in [-0.25, -0.2) is 4.39 Å². The smallest absolute Gasteiger partial charge is 0.123 e. The third kappa shape index (κ3) is 1.99. The standard InChI is InChI=1S/C14H20FN/c1-2-4-11-8-14(9-11,10-16)12-5-3-6-13(15)7-12/h3,5-7,11H,2,4,8-10,16H2,1H3. The molecule has 88 valence electrons. The second-order valence-electron chi connectivity index (χ2n) is 5.06. The van der Waals surface area contributed by atoms with E-state index in [2.05, 4.69) is 6.92 Å². The Morgan fingerprint density at radius 3 is 2.75 bits per heavy atom. The molecular weight excluding hydrogens is 201 g/mol. The zero-order valence-electron chi connectivity index (χ0n) is 9.88. The summed E-state index contributed by atoms with van der Waals surface area (Å²) in [5.74, 6) is 0.640. The molecule has 1 aliphatic carbocycles. The van der Waals surface area contributed by atoms with Crippen LogP contribution in [0.1, 0.15) is 38.2 Å². The van der Waals surface area contributed by atoms with Gasteiger partial charge in [0.05, 0.1) is 0 Å². The normalized spacial score (nSPS) is 28.8. The highest BCUT2D eigenvalue weighted by Crippen LogP contribution is 2.48. The van der Waals surface area contributed by atoms with Crippen LogP contribution in [0.4, 0.5) is 4.39 Å². The van der Waals surface area contributed by atoms with Crippen LogP contribution < -0.4 is 5.73 Å². The topological polar surface area (TPSA) is 26.0 Å². The van der Waals surface area contributed by atoms with Gasteiger partial charge in [0, 0.05) is 12.0 Å². The van der Waals surface area contributed by atoms with Gasteiger partial charge in [0.1, 0.15) is 5.82 Å². The average molecular weight is 221 g/mol. The molecule has 0 spiro atoms. The van der Waals surface area contributed by atoms with Crippen LogP contribution in [0, 0.1) is 11.7 Å². The fourth-order valence-electron chi connectivity index (χ4n) is 3.00. The molecule has 1 aliphatic rings. The van der Waals surface area contributed by atoms with Crippen LogP contribution in [0.15, 0.2) is 24.3 Å². The van der Waals surface area contributed by atoms with Crippen molar-refractivity contribution in [2.24, 2.45) is 11.7 Å². The van der Waals surface area contributed by atoms with Gasteiger partial charge in [-0.05, 0) is 36.5 Å². The molecule has 0 radical (unpaired) electrons. The van der Waals surface area contributed by atoms with Gasteiger partial charge in [-0.15, -0.1) is 0 Å². The minimum Gasteiger partial charge on any atom is -0.330 e. The third-order valence-electron chi connectivity index (χ3n) is 3.88. The quantitative estimate of drug-likeness (QED) is 0.830. The Kier molecular flexibility index (Phi) is 3.29. The van der Waals surface area contributed by atoms with Crippen molar-refractivity contribution in [3.8, 4) is 0 Å². The minimum atomic E-state index is -0.149. The molecule has 2 N–H and O–H groups in total. The molecule has 0 aliphatic heterocycles. The van der Waals surface area contributed by atoms with Crippen molar-refractivity contribution >= 4 is 0 Å². The fraction of sp³-hybridized carbons (Fsp3) is 0.571. The number of benzene rings is 1. The second kappa shape index (κ2) is 4.54. The van der Waals surface area contributed by atoms with Crippen LogP contribution in [0.2, 0.25) is 0 Å². The maximum Gasteiger partial charge on any atom is 0.123 e. The van der Waals surface area contributed by atoms with E-state index in [9.17, 15) is 4.39 Å². The van der Waals surface area contributed by atoms with Gasteiger partial charge in [0.15, 0.2) is 0 Å². The summed E-state index contributed by atoms with van der Waals surface area (Å²) >= 11 is 0. The van der Waals surface area contributed by atoms with Gasteiger partial charge in [-0.1, -0.05) is 31.9 Å². The van der Waals surface area contributed by atoms with Crippen molar-refractivity contribution in [3.63, 3.8) is 0 Å². The number of hydrogen-bond acceptors (Lipinski definition) is 1. The van der Waals surface area contributed by atoms with Crippen LogP contribution in [0.25, 0.3) is 0 Å². The molecule has 1 aromatic carbocycles. The summed E-state index contributed by atoms with van der Waals surface area (Å²) in [6.45, 7) is 2.85. The van der Waals surface area contributed by atoms with Crippen molar-refractivity contribution < 1.29 is 4.39 Å². The molecular formula is C14H20FN. The molecule has 2 rings (SSSR count). The lowest BCUT2D eigenvalue weighted by molar-refractivity contribution is 0.138. The van der Waals surface area contributed by atoms with Crippen LogP contribution in [-0.2, 0) is 5.41 Å². The van der Waals surface area contributed by atoms with E-state index in [0.29, 0.717) is 6.54 Å². The molecule has 16 heavy (non-hydrogen) atoms. The molecule has 1 saturated carbocycles. The predicted molar refractivity (Wildman–Crippen MR) is 64.8 cm³/mol. The minimum absolute atomic E-state index is 0.0575. The Labute approximate surface area is 96.9 Å². The van der Waals surface area contributed by atoms with Crippen LogP contribution in [-0.4, -0.2) is 6.54 Å². The van der Waals surface area contributed by atoms with Crippen molar-refractivity contribution in [3.05, 3.63) is 35.6 Å². The van der Waals surface area contributed by atoms with Gasteiger partial charge in [0.2, 0.25) is 0 Å². The molecule has 0 bridgehead atoms. The summed E-state index contributed by atoms with van der Waals surface area (Å²) in [5, 5.41) is 0.